The fourth-order valence-electron chi connectivity index (χ4n) is 8.30. The molecule has 0 amide bonds. The molecule has 5 heteroatoms. The standard InChI is InChI=1S/C48H30FN3S/c49-31-12-10-15-33(28-31)51-42-20-7-4-16-36(42)38-26-24-34(29-45(38)51)50(35-25-27-40-39-18-6-9-23-46(39)53-47(40)30-35)44-22-11-19-41-37-17-5-8-21-43(37)52(48(41)44)32-13-2-1-3-14-32/h1-30H. The first-order chi connectivity index (χ1) is 26.2. The maximum Gasteiger partial charge on any atom is 0.125 e. The molecule has 0 bridgehead atoms. The molecule has 0 fully saturated rings. The number of nitrogens with zero attached hydrogens (tertiary/aromatic N) is 3. The average Bonchev–Trinajstić information content (AvgIpc) is 3.86. The van der Waals surface area contributed by atoms with Gasteiger partial charge in [0.1, 0.15) is 5.82 Å². The van der Waals surface area contributed by atoms with Gasteiger partial charge in [0.25, 0.3) is 0 Å². The van der Waals surface area contributed by atoms with Gasteiger partial charge in [0.15, 0.2) is 0 Å². The molecule has 8 aromatic carbocycles. The van der Waals surface area contributed by atoms with E-state index in [-0.39, 0.29) is 5.82 Å². The summed E-state index contributed by atoms with van der Waals surface area (Å²) >= 11 is 1.83. The zero-order valence-corrected chi connectivity index (χ0v) is 29.3. The summed E-state index contributed by atoms with van der Waals surface area (Å²) < 4.78 is 21.9. The minimum Gasteiger partial charge on any atom is -0.309 e. The molecule has 0 saturated heterocycles. The van der Waals surface area contributed by atoms with Crippen LogP contribution in [0.1, 0.15) is 0 Å². The van der Waals surface area contributed by atoms with Gasteiger partial charge >= 0.3 is 0 Å². The van der Waals surface area contributed by atoms with E-state index in [0.717, 1.165) is 61.3 Å². The summed E-state index contributed by atoms with van der Waals surface area (Å²) in [5.74, 6) is -0.261. The molecule has 0 aliphatic heterocycles. The third kappa shape index (κ3) is 4.57. The first kappa shape index (κ1) is 30.0. The fraction of sp³-hybridized carbons (Fsp3) is 0. The van der Waals surface area contributed by atoms with Crippen LogP contribution in [0.25, 0.3) is 75.2 Å². The molecule has 3 heterocycles. The van der Waals surface area contributed by atoms with Crippen molar-refractivity contribution in [3.63, 3.8) is 0 Å². The molecule has 250 valence electrons. The molecule has 0 spiro atoms. The normalized spacial score (nSPS) is 11.9. The van der Waals surface area contributed by atoms with Crippen molar-refractivity contribution in [3.05, 3.63) is 188 Å². The van der Waals surface area contributed by atoms with Gasteiger partial charge in [0.2, 0.25) is 0 Å². The molecule has 0 aliphatic rings. The van der Waals surface area contributed by atoms with Gasteiger partial charge in [0.05, 0.1) is 27.8 Å². The molecule has 11 rings (SSSR count). The number of halogens is 1. The third-order valence-electron chi connectivity index (χ3n) is 10.5. The van der Waals surface area contributed by atoms with Crippen LogP contribution in [0.4, 0.5) is 21.5 Å². The third-order valence-corrected chi connectivity index (χ3v) is 11.7. The van der Waals surface area contributed by atoms with Crippen LogP contribution < -0.4 is 4.90 Å². The van der Waals surface area contributed by atoms with E-state index in [1.165, 1.54) is 37.0 Å². The smallest absolute Gasteiger partial charge is 0.125 e. The predicted molar refractivity (Wildman–Crippen MR) is 223 cm³/mol. The van der Waals surface area contributed by atoms with E-state index in [1.54, 1.807) is 12.1 Å². The van der Waals surface area contributed by atoms with Crippen LogP contribution in [0.5, 0.6) is 0 Å². The predicted octanol–water partition coefficient (Wildman–Crippen LogP) is 13.9. The van der Waals surface area contributed by atoms with Gasteiger partial charge in [-0.3, -0.25) is 0 Å². The lowest BCUT2D eigenvalue weighted by Gasteiger charge is -2.27. The van der Waals surface area contributed by atoms with E-state index in [9.17, 15) is 4.39 Å². The Morgan fingerprint density at radius 1 is 0.396 bits per heavy atom. The zero-order valence-electron chi connectivity index (χ0n) is 28.4. The summed E-state index contributed by atoms with van der Waals surface area (Å²) in [7, 11) is 0. The second-order valence-corrected chi connectivity index (χ2v) is 14.6. The molecule has 3 nitrogen and oxygen atoms in total. The number of thiophene rings is 1. The Morgan fingerprint density at radius 3 is 1.79 bits per heavy atom. The first-order valence-electron chi connectivity index (χ1n) is 17.8. The molecule has 0 aliphatic carbocycles. The monoisotopic (exact) mass is 699 g/mol. The largest absolute Gasteiger partial charge is 0.309 e. The van der Waals surface area contributed by atoms with Crippen molar-refractivity contribution in [3.8, 4) is 11.4 Å². The second kappa shape index (κ2) is 11.7. The van der Waals surface area contributed by atoms with Crippen LogP contribution in [0.3, 0.4) is 0 Å². The quantitative estimate of drug-likeness (QED) is 0.174. The molecule has 0 unspecified atom stereocenters. The molecule has 53 heavy (non-hydrogen) atoms. The van der Waals surface area contributed by atoms with Crippen molar-refractivity contribution in [2.24, 2.45) is 0 Å². The molecule has 0 radical (unpaired) electrons. The molecular weight excluding hydrogens is 670 g/mol. The van der Waals surface area contributed by atoms with E-state index in [1.807, 2.05) is 23.5 Å². The Labute approximate surface area is 308 Å². The van der Waals surface area contributed by atoms with Crippen LogP contribution in [0, 0.1) is 5.82 Å². The van der Waals surface area contributed by atoms with Crippen molar-refractivity contribution in [2.75, 3.05) is 4.90 Å². The minimum absolute atomic E-state index is 0.261. The Bertz CT molecular complexity index is 3210. The summed E-state index contributed by atoms with van der Waals surface area (Å²) in [6.45, 7) is 0. The Hall–Kier alpha value is -6.69. The summed E-state index contributed by atoms with van der Waals surface area (Å²) in [6, 6.07) is 63.4. The lowest BCUT2D eigenvalue weighted by Crippen LogP contribution is -2.12. The van der Waals surface area contributed by atoms with Gasteiger partial charge in [-0.15, -0.1) is 11.3 Å². The highest BCUT2D eigenvalue weighted by molar-refractivity contribution is 7.25. The van der Waals surface area contributed by atoms with Crippen molar-refractivity contribution in [2.45, 2.75) is 0 Å². The Kier molecular flexibility index (Phi) is 6.60. The minimum atomic E-state index is -0.261. The van der Waals surface area contributed by atoms with Gasteiger partial charge in [-0.05, 0) is 78.9 Å². The number of aromatic nitrogens is 2. The van der Waals surface area contributed by atoms with E-state index in [4.69, 9.17) is 0 Å². The number of anilines is 3. The summed E-state index contributed by atoms with van der Waals surface area (Å²) in [4.78, 5) is 2.40. The van der Waals surface area contributed by atoms with Crippen molar-refractivity contribution >= 4 is 92.2 Å². The molecule has 0 atom stereocenters. The lowest BCUT2D eigenvalue weighted by atomic mass is 10.1. The molecule has 11 aromatic rings. The highest BCUT2D eigenvalue weighted by Gasteiger charge is 2.23. The summed E-state index contributed by atoms with van der Waals surface area (Å²) in [5, 5.41) is 7.16. The lowest BCUT2D eigenvalue weighted by molar-refractivity contribution is 0.627. The van der Waals surface area contributed by atoms with Crippen molar-refractivity contribution in [1.82, 2.24) is 9.13 Å². The number of para-hydroxylation sites is 4. The number of hydrogen-bond acceptors (Lipinski definition) is 2. The number of benzene rings is 8. The SMILES string of the molecule is Fc1cccc(-n2c3ccccc3c3ccc(N(c4ccc5c(c4)sc4ccccc45)c4cccc5c6ccccc6n(-c6ccccc6)c45)cc32)c1. The van der Waals surface area contributed by atoms with Crippen molar-refractivity contribution < 1.29 is 4.39 Å². The van der Waals surface area contributed by atoms with Gasteiger partial charge < -0.3 is 14.0 Å². The van der Waals surface area contributed by atoms with E-state index in [0.29, 0.717) is 0 Å². The van der Waals surface area contributed by atoms with Gasteiger partial charge in [-0.25, -0.2) is 4.39 Å². The van der Waals surface area contributed by atoms with Crippen LogP contribution in [0.15, 0.2) is 182 Å². The van der Waals surface area contributed by atoms with Crippen LogP contribution >= 0.6 is 11.3 Å². The Balaban J connectivity index is 1.25. The molecule has 0 saturated carbocycles. The second-order valence-electron chi connectivity index (χ2n) is 13.5. The molecule has 3 aromatic heterocycles. The van der Waals surface area contributed by atoms with Crippen molar-refractivity contribution in [1.29, 1.82) is 0 Å². The van der Waals surface area contributed by atoms with Gasteiger partial charge in [0, 0.05) is 64.5 Å². The highest BCUT2D eigenvalue weighted by Crippen LogP contribution is 2.46. The number of hydrogen-bond donors (Lipinski definition) is 0. The van der Waals surface area contributed by atoms with Crippen LogP contribution in [0.2, 0.25) is 0 Å². The van der Waals surface area contributed by atoms with Crippen LogP contribution in [-0.2, 0) is 0 Å². The van der Waals surface area contributed by atoms with E-state index < -0.39 is 0 Å². The highest BCUT2D eigenvalue weighted by atomic mass is 32.1. The number of fused-ring (bicyclic) bond motifs is 9. The average molecular weight is 700 g/mol. The molecular formula is C48H30FN3S. The van der Waals surface area contributed by atoms with Gasteiger partial charge in [-0.2, -0.15) is 0 Å². The maximum atomic E-state index is 14.8. The Morgan fingerprint density at radius 2 is 0.981 bits per heavy atom. The van der Waals surface area contributed by atoms with E-state index in [2.05, 4.69) is 166 Å². The van der Waals surface area contributed by atoms with Crippen LogP contribution in [-0.4, -0.2) is 9.13 Å². The van der Waals surface area contributed by atoms with E-state index >= 15 is 0 Å². The maximum absolute atomic E-state index is 14.8. The topological polar surface area (TPSA) is 13.1 Å². The molecule has 0 N–H and O–H groups in total. The van der Waals surface area contributed by atoms with Gasteiger partial charge in [-0.1, -0.05) is 103 Å². The summed E-state index contributed by atoms with van der Waals surface area (Å²) in [6.07, 6.45) is 0. The number of rotatable bonds is 5. The zero-order chi connectivity index (χ0) is 35.0. The summed E-state index contributed by atoms with van der Waals surface area (Å²) in [5.41, 5.74) is 9.36. The fourth-order valence-corrected chi connectivity index (χ4v) is 9.44. The first-order valence-corrected chi connectivity index (χ1v) is 18.6.